The van der Waals surface area contributed by atoms with Gasteiger partial charge in [0, 0.05) is 23.8 Å². The van der Waals surface area contributed by atoms with Crippen molar-refractivity contribution < 1.29 is 9.53 Å². The molecule has 6 heteroatoms. The van der Waals surface area contributed by atoms with Crippen LogP contribution in [-0.2, 0) is 4.79 Å². The number of carbonyl (C=O) groups is 1. The molecule has 1 aromatic carbocycles. The second-order valence-electron chi connectivity index (χ2n) is 7.04. The lowest BCUT2D eigenvalue weighted by Gasteiger charge is -2.44. The van der Waals surface area contributed by atoms with Gasteiger partial charge in [0.05, 0.1) is 6.20 Å². The van der Waals surface area contributed by atoms with Gasteiger partial charge < -0.3 is 15.0 Å². The van der Waals surface area contributed by atoms with Crippen molar-refractivity contribution in [2.75, 3.05) is 26.2 Å². The van der Waals surface area contributed by atoms with Gasteiger partial charge >= 0.3 is 0 Å². The Morgan fingerprint density at radius 1 is 1.40 bits per heavy atom. The van der Waals surface area contributed by atoms with Crippen molar-refractivity contribution in [3.63, 3.8) is 0 Å². The van der Waals surface area contributed by atoms with Crippen LogP contribution < -0.4 is 10.1 Å². The molecule has 1 atom stereocenters. The number of aromatic amines is 1. The molecule has 2 aromatic rings. The Morgan fingerprint density at radius 2 is 2.24 bits per heavy atom. The van der Waals surface area contributed by atoms with E-state index < -0.39 is 0 Å². The molecule has 0 unspecified atom stereocenters. The van der Waals surface area contributed by atoms with E-state index in [4.69, 9.17) is 4.74 Å². The number of hydrogen-bond acceptors (Lipinski definition) is 4. The normalized spacial score (nSPS) is 24.9. The van der Waals surface area contributed by atoms with E-state index in [1.165, 1.54) is 25.9 Å². The third kappa shape index (κ3) is 3.54. The first-order valence-corrected chi connectivity index (χ1v) is 8.94. The lowest BCUT2D eigenvalue weighted by Crippen LogP contribution is -2.57. The largest absolute Gasteiger partial charge is 0.484 e. The first-order valence-electron chi connectivity index (χ1n) is 8.94. The van der Waals surface area contributed by atoms with Crippen LogP contribution in [-0.4, -0.2) is 53.3 Å². The van der Waals surface area contributed by atoms with Crippen molar-refractivity contribution in [2.45, 2.75) is 25.8 Å². The monoisotopic (exact) mass is 340 g/mol. The smallest absolute Gasteiger partial charge is 0.258 e. The van der Waals surface area contributed by atoms with E-state index in [1.54, 1.807) is 6.20 Å². The summed E-state index contributed by atoms with van der Waals surface area (Å²) < 4.78 is 5.71. The van der Waals surface area contributed by atoms with E-state index in [2.05, 4.69) is 20.4 Å². The number of fused-ring (bicyclic) bond motifs is 3. The van der Waals surface area contributed by atoms with Gasteiger partial charge in [0.25, 0.3) is 5.91 Å². The van der Waals surface area contributed by atoms with Gasteiger partial charge in [-0.1, -0.05) is 12.1 Å². The second kappa shape index (κ2) is 6.88. The Morgan fingerprint density at radius 3 is 2.92 bits per heavy atom. The first-order chi connectivity index (χ1) is 12.2. The lowest BCUT2D eigenvalue weighted by molar-refractivity contribution is -0.125. The summed E-state index contributed by atoms with van der Waals surface area (Å²) >= 11 is 0. The topological polar surface area (TPSA) is 70.2 Å². The van der Waals surface area contributed by atoms with Crippen LogP contribution in [0.15, 0.2) is 30.5 Å². The van der Waals surface area contributed by atoms with Crippen molar-refractivity contribution in [1.82, 2.24) is 20.4 Å². The number of amides is 1. The standard InChI is InChI=1S/C19H24N4O2/c1-13-17(10-20-22-13)15-3-2-4-16(9-15)25-12-19(24)21-18-11-23-7-5-14(18)6-8-23/h2-4,9-10,14,18H,5-8,11-12H2,1H3,(H,20,22)(H,21,24)/t18-/m0/s1. The third-order valence-electron chi connectivity index (χ3n) is 5.35. The molecule has 4 heterocycles. The Bertz CT molecular complexity index is 749. The molecule has 3 aliphatic heterocycles. The summed E-state index contributed by atoms with van der Waals surface area (Å²) in [6.07, 6.45) is 4.18. The Hall–Kier alpha value is -2.34. The highest BCUT2D eigenvalue weighted by Gasteiger charge is 2.34. The Labute approximate surface area is 147 Å². The molecule has 5 rings (SSSR count). The van der Waals surface area contributed by atoms with E-state index in [0.29, 0.717) is 11.7 Å². The van der Waals surface area contributed by atoms with Crippen LogP contribution in [0.25, 0.3) is 11.1 Å². The zero-order valence-electron chi connectivity index (χ0n) is 14.5. The van der Waals surface area contributed by atoms with Crippen LogP contribution in [0.3, 0.4) is 0 Å². The fourth-order valence-electron chi connectivity index (χ4n) is 3.92. The minimum atomic E-state index is -0.0383. The fraction of sp³-hybridized carbons (Fsp3) is 0.474. The lowest BCUT2D eigenvalue weighted by atomic mass is 9.84. The number of carbonyl (C=O) groups excluding carboxylic acids is 1. The van der Waals surface area contributed by atoms with Crippen LogP contribution in [0.1, 0.15) is 18.5 Å². The summed E-state index contributed by atoms with van der Waals surface area (Å²) in [5.41, 5.74) is 3.08. The predicted molar refractivity (Wildman–Crippen MR) is 95.4 cm³/mol. The van der Waals surface area contributed by atoms with Crippen molar-refractivity contribution >= 4 is 5.91 Å². The van der Waals surface area contributed by atoms with Crippen LogP contribution in [0.4, 0.5) is 0 Å². The van der Waals surface area contributed by atoms with E-state index in [0.717, 1.165) is 23.4 Å². The van der Waals surface area contributed by atoms with Gasteiger partial charge in [-0.25, -0.2) is 0 Å². The highest BCUT2D eigenvalue weighted by Crippen LogP contribution is 2.28. The number of piperidine rings is 3. The summed E-state index contributed by atoms with van der Waals surface area (Å²) in [5.74, 6) is 1.28. The molecule has 0 radical (unpaired) electrons. The number of ether oxygens (including phenoxy) is 1. The highest BCUT2D eigenvalue weighted by molar-refractivity contribution is 5.78. The maximum absolute atomic E-state index is 12.3. The number of H-pyrrole nitrogens is 1. The number of nitrogens with one attached hydrogen (secondary N) is 2. The van der Waals surface area contributed by atoms with E-state index in [1.807, 2.05) is 31.2 Å². The van der Waals surface area contributed by atoms with Crippen LogP contribution in [0, 0.1) is 12.8 Å². The molecule has 25 heavy (non-hydrogen) atoms. The molecule has 3 aliphatic rings. The minimum Gasteiger partial charge on any atom is -0.484 e. The Balaban J connectivity index is 1.34. The molecule has 0 saturated carbocycles. The van der Waals surface area contributed by atoms with Gasteiger partial charge in [0.1, 0.15) is 5.75 Å². The van der Waals surface area contributed by atoms with Crippen molar-refractivity contribution in [3.05, 3.63) is 36.2 Å². The van der Waals surface area contributed by atoms with Crippen molar-refractivity contribution in [1.29, 1.82) is 0 Å². The maximum atomic E-state index is 12.3. The molecule has 132 valence electrons. The number of aromatic nitrogens is 2. The summed E-state index contributed by atoms with van der Waals surface area (Å²) in [5, 5.41) is 10.1. The number of benzene rings is 1. The molecule has 1 aromatic heterocycles. The maximum Gasteiger partial charge on any atom is 0.258 e. The van der Waals surface area contributed by atoms with Gasteiger partial charge in [-0.05, 0) is 56.5 Å². The van der Waals surface area contributed by atoms with Crippen LogP contribution in [0.5, 0.6) is 5.75 Å². The van der Waals surface area contributed by atoms with Gasteiger partial charge in [0.15, 0.2) is 6.61 Å². The molecular formula is C19H24N4O2. The average Bonchev–Trinajstić information content (AvgIpc) is 3.07. The minimum absolute atomic E-state index is 0.0383. The fourth-order valence-corrected chi connectivity index (χ4v) is 3.92. The van der Waals surface area contributed by atoms with Crippen molar-refractivity contribution in [2.24, 2.45) is 5.92 Å². The molecule has 0 spiro atoms. The number of aryl methyl sites for hydroxylation is 1. The summed E-state index contributed by atoms with van der Waals surface area (Å²) in [7, 11) is 0. The van der Waals surface area contributed by atoms with Gasteiger partial charge in [-0.15, -0.1) is 0 Å². The quantitative estimate of drug-likeness (QED) is 0.873. The summed E-state index contributed by atoms with van der Waals surface area (Å²) in [6.45, 7) is 5.36. The van der Waals surface area contributed by atoms with Crippen LogP contribution >= 0.6 is 0 Å². The molecule has 0 aliphatic carbocycles. The number of rotatable bonds is 5. The van der Waals surface area contributed by atoms with Gasteiger partial charge in [0.2, 0.25) is 0 Å². The molecule has 2 bridgehead atoms. The van der Waals surface area contributed by atoms with Crippen molar-refractivity contribution in [3.8, 4) is 16.9 Å². The van der Waals surface area contributed by atoms with Gasteiger partial charge in [-0.2, -0.15) is 5.10 Å². The van der Waals surface area contributed by atoms with Crippen LogP contribution in [0.2, 0.25) is 0 Å². The number of nitrogens with zero attached hydrogens (tertiary/aromatic N) is 2. The molecule has 3 saturated heterocycles. The average molecular weight is 340 g/mol. The summed E-state index contributed by atoms with van der Waals surface area (Å²) in [6, 6.07) is 8.04. The Kier molecular flexibility index (Phi) is 4.44. The molecule has 1 amide bonds. The van der Waals surface area contributed by atoms with Gasteiger partial charge in [-0.3, -0.25) is 9.89 Å². The predicted octanol–water partition coefficient (Wildman–Crippen LogP) is 1.97. The molecular weight excluding hydrogens is 316 g/mol. The van der Waals surface area contributed by atoms with E-state index in [-0.39, 0.29) is 18.6 Å². The zero-order chi connectivity index (χ0) is 17.2. The highest BCUT2D eigenvalue weighted by atomic mass is 16.5. The molecule has 3 fully saturated rings. The molecule has 2 N–H and O–H groups in total. The van der Waals surface area contributed by atoms with E-state index >= 15 is 0 Å². The summed E-state index contributed by atoms with van der Waals surface area (Å²) in [4.78, 5) is 14.7. The third-order valence-corrected chi connectivity index (χ3v) is 5.35. The van der Waals surface area contributed by atoms with E-state index in [9.17, 15) is 4.79 Å². The second-order valence-corrected chi connectivity index (χ2v) is 7.04. The molecule has 6 nitrogen and oxygen atoms in total. The SMILES string of the molecule is Cc1[nH]ncc1-c1cccc(OCC(=O)N[C@H]2CN3CCC2CC3)c1. The zero-order valence-corrected chi connectivity index (χ0v) is 14.5. The first kappa shape index (κ1) is 16.1. The number of hydrogen-bond donors (Lipinski definition) is 2.